The lowest BCUT2D eigenvalue weighted by atomic mass is 9.92. The summed E-state index contributed by atoms with van der Waals surface area (Å²) in [5, 5.41) is 9.96. The van der Waals surface area contributed by atoms with Gasteiger partial charge in [0.1, 0.15) is 11.6 Å². The zero-order valence-electron chi connectivity index (χ0n) is 10.9. The van der Waals surface area contributed by atoms with E-state index >= 15 is 0 Å². The zero-order chi connectivity index (χ0) is 14.7. The highest BCUT2D eigenvalue weighted by Crippen LogP contribution is 2.39. The molecule has 1 N–H and O–H groups in total. The summed E-state index contributed by atoms with van der Waals surface area (Å²) in [6.45, 7) is 1.75. The van der Waals surface area contributed by atoms with Crippen LogP contribution in [-0.4, -0.2) is 29.0 Å². The van der Waals surface area contributed by atoms with E-state index in [2.05, 4.69) is 4.74 Å². The molecule has 1 amide bonds. The van der Waals surface area contributed by atoms with Gasteiger partial charge in [0, 0.05) is 30.7 Å². The fraction of sp³-hybridized carbons (Fsp3) is 0.286. The Balaban J connectivity index is 2.43. The van der Waals surface area contributed by atoms with Crippen molar-refractivity contribution in [2.45, 2.75) is 19.4 Å². The Morgan fingerprint density at radius 2 is 2.30 bits per heavy atom. The number of hydrogen-bond donors (Lipinski definition) is 1. The number of aromatic hydroxyl groups is 1. The van der Waals surface area contributed by atoms with Crippen LogP contribution in [0.1, 0.15) is 30.5 Å². The van der Waals surface area contributed by atoms with Crippen molar-refractivity contribution >= 4 is 18.5 Å². The number of carbonyl (C=O) groups is 2. The molecular weight excluding hydrogens is 265 g/mol. The monoisotopic (exact) mass is 279 g/mol. The zero-order valence-corrected chi connectivity index (χ0v) is 10.9. The predicted octanol–water partition coefficient (Wildman–Crippen LogP) is 1.97. The number of amides is 1. The molecule has 1 unspecified atom stereocenters. The minimum absolute atomic E-state index is 0.0706. The number of hydrogen-bond acceptors (Lipinski definition) is 4. The number of phenols is 1. The van der Waals surface area contributed by atoms with Gasteiger partial charge in [-0.2, -0.15) is 0 Å². The molecule has 0 saturated carbocycles. The molecule has 0 fully saturated rings. The molecule has 5 nitrogen and oxygen atoms in total. The van der Waals surface area contributed by atoms with Crippen LogP contribution in [0, 0.1) is 5.82 Å². The van der Waals surface area contributed by atoms with Crippen molar-refractivity contribution in [1.82, 2.24) is 4.90 Å². The van der Waals surface area contributed by atoms with Gasteiger partial charge in [-0.15, -0.1) is 0 Å². The van der Waals surface area contributed by atoms with Gasteiger partial charge in [0.25, 0.3) is 6.47 Å². The number of carbonyl (C=O) groups excluding carboxylic acids is 2. The van der Waals surface area contributed by atoms with E-state index in [0.29, 0.717) is 12.0 Å². The van der Waals surface area contributed by atoms with Gasteiger partial charge in [-0.05, 0) is 18.2 Å². The summed E-state index contributed by atoms with van der Waals surface area (Å²) >= 11 is 0. The van der Waals surface area contributed by atoms with Crippen LogP contribution in [0.3, 0.4) is 0 Å². The number of ether oxygens (including phenoxy) is 1. The molecule has 1 atom stereocenters. The SMILES string of the molecule is CC(=O)N1C=Cc2c(F)ccc(O)c2C1CCOC=O. The Morgan fingerprint density at radius 3 is 2.95 bits per heavy atom. The van der Waals surface area contributed by atoms with Gasteiger partial charge in [-0.3, -0.25) is 9.59 Å². The molecule has 0 radical (unpaired) electrons. The predicted molar refractivity (Wildman–Crippen MR) is 69.0 cm³/mol. The summed E-state index contributed by atoms with van der Waals surface area (Å²) in [7, 11) is 0. The van der Waals surface area contributed by atoms with Crippen molar-refractivity contribution in [3.63, 3.8) is 0 Å². The third-order valence-electron chi connectivity index (χ3n) is 3.22. The minimum atomic E-state index is -0.567. The molecule has 106 valence electrons. The van der Waals surface area contributed by atoms with E-state index < -0.39 is 11.9 Å². The highest BCUT2D eigenvalue weighted by molar-refractivity contribution is 5.78. The third kappa shape index (κ3) is 2.49. The fourth-order valence-electron chi connectivity index (χ4n) is 2.35. The second kappa shape index (κ2) is 5.73. The number of halogens is 1. The molecule has 1 aliphatic heterocycles. The van der Waals surface area contributed by atoms with E-state index in [1.54, 1.807) is 0 Å². The number of phenolic OH excluding ortho intramolecular Hbond substituents is 1. The average molecular weight is 279 g/mol. The normalized spacial score (nSPS) is 16.7. The third-order valence-corrected chi connectivity index (χ3v) is 3.22. The largest absolute Gasteiger partial charge is 0.508 e. The maximum Gasteiger partial charge on any atom is 0.293 e. The number of nitrogens with zero attached hydrogens (tertiary/aromatic N) is 1. The summed E-state index contributed by atoms with van der Waals surface area (Å²) in [5.74, 6) is -0.807. The first kappa shape index (κ1) is 14.0. The Bertz CT molecular complexity index is 571. The molecule has 20 heavy (non-hydrogen) atoms. The van der Waals surface area contributed by atoms with Crippen LogP contribution in [0.2, 0.25) is 0 Å². The molecule has 1 aromatic carbocycles. The molecule has 0 aromatic heterocycles. The summed E-state index contributed by atoms with van der Waals surface area (Å²) in [6.07, 6.45) is 3.19. The maximum absolute atomic E-state index is 13.8. The lowest BCUT2D eigenvalue weighted by Crippen LogP contribution is -2.31. The standard InChI is InChI=1S/C14H14FNO4/c1-9(18)16-6-4-10-11(15)2-3-13(19)14(10)12(16)5-7-20-8-17/h2-4,6,8,12,19H,5,7H2,1H3. The average Bonchev–Trinajstić information content (AvgIpc) is 2.42. The van der Waals surface area contributed by atoms with Crippen molar-refractivity contribution in [3.05, 3.63) is 35.3 Å². The Kier molecular flexibility index (Phi) is 4.02. The van der Waals surface area contributed by atoms with Gasteiger partial charge in [0.2, 0.25) is 5.91 Å². The van der Waals surface area contributed by atoms with Crippen molar-refractivity contribution < 1.29 is 23.8 Å². The fourth-order valence-corrected chi connectivity index (χ4v) is 2.35. The van der Waals surface area contributed by atoms with Gasteiger partial charge >= 0.3 is 0 Å². The van der Waals surface area contributed by atoms with Gasteiger partial charge in [0.15, 0.2) is 0 Å². The van der Waals surface area contributed by atoms with Gasteiger partial charge in [-0.1, -0.05) is 0 Å². The molecule has 0 saturated heterocycles. The second-order valence-electron chi connectivity index (χ2n) is 4.41. The molecule has 2 rings (SSSR count). The lowest BCUT2D eigenvalue weighted by molar-refractivity contribution is -0.130. The van der Waals surface area contributed by atoms with Crippen molar-refractivity contribution in [2.75, 3.05) is 6.61 Å². The van der Waals surface area contributed by atoms with Gasteiger partial charge < -0.3 is 14.7 Å². The van der Waals surface area contributed by atoms with Crippen molar-refractivity contribution in [1.29, 1.82) is 0 Å². The summed E-state index contributed by atoms with van der Waals surface area (Å²) in [4.78, 5) is 23.2. The second-order valence-corrected chi connectivity index (χ2v) is 4.41. The molecule has 0 aliphatic carbocycles. The van der Waals surface area contributed by atoms with Crippen LogP contribution in [-0.2, 0) is 14.3 Å². The molecule has 1 aromatic rings. The van der Waals surface area contributed by atoms with Crippen LogP contribution < -0.4 is 0 Å². The van der Waals surface area contributed by atoms with E-state index in [1.165, 1.54) is 36.2 Å². The first-order chi connectivity index (χ1) is 9.56. The Labute approximate surface area is 115 Å². The number of benzene rings is 1. The Morgan fingerprint density at radius 1 is 1.55 bits per heavy atom. The quantitative estimate of drug-likeness (QED) is 0.676. The van der Waals surface area contributed by atoms with E-state index in [-0.39, 0.29) is 30.2 Å². The highest BCUT2D eigenvalue weighted by atomic mass is 19.1. The number of rotatable bonds is 4. The highest BCUT2D eigenvalue weighted by Gasteiger charge is 2.30. The van der Waals surface area contributed by atoms with Crippen LogP contribution in [0.25, 0.3) is 6.08 Å². The first-order valence-corrected chi connectivity index (χ1v) is 6.10. The summed E-state index contributed by atoms with van der Waals surface area (Å²) < 4.78 is 18.4. The molecule has 6 heteroatoms. The summed E-state index contributed by atoms with van der Waals surface area (Å²) in [6, 6.07) is 1.85. The van der Waals surface area contributed by atoms with Gasteiger partial charge in [0.05, 0.1) is 12.6 Å². The molecule has 1 heterocycles. The van der Waals surface area contributed by atoms with E-state index in [0.717, 1.165) is 0 Å². The molecule has 0 spiro atoms. The number of fused-ring (bicyclic) bond motifs is 1. The first-order valence-electron chi connectivity index (χ1n) is 6.10. The lowest BCUT2D eigenvalue weighted by Gasteiger charge is -2.33. The molecular formula is C14H14FNO4. The minimum Gasteiger partial charge on any atom is -0.508 e. The van der Waals surface area contributed by atoms with Crippen LogP contribution in [0.4, 0.5) is 4.39 Å². The molecule has 1 aliphatic rings. The maximum atomic E-state index is 13.8. The van der Waals surface area contributed by atoms with E-state index in [4.69, 9.17) is 0 Å². The van der Waals surface area contributed by atoms with Crippen LogP contribution in [0.5, 0.6) is 5.75 Å². The summed E-state index contributed by atoms with van der Waals surface area (Å²) in [5.41, 5.74) is 0.579. The van der Waals surface area contributed by atoms with Crippen molar-refractivity contribution in [3.8, 4) is 5.75 Å². The van der Waals surface area contributed by atoms with E-state index in [9.17, 15) is 19.1 Å². The molecule has 0 bridgehead atoms. The Hall–Kier alpha value is -2.37. The smallest absolute Gasteiger partial charge is 0.293 e. The van der Waals surface area contributed by atoms with E-state index in [1.807, 2.05) is 0 Å². The van der Waals surface area contributed by atoms with Crippen molar-refractivity contribution in [2.24, 2.45) is 0 Å². The van der Waals surface area contributed by atoms with Gasteiger partial charge in [-0.25, -0.2) is 4.39 Å². The van der Waals surface area contributed by atoms with Crippen LogP contribution in [0.15, 0.2) is 18.3 Å². The topological polar surface area (TPSA) is 66.8 Å². The van der Waals surface area contributed by atoms with Crippen LogP contribution >= 0.6 is 0 Å².